The fourth-order valence-corrected chi connectivity index (χ4v) is 1.06. The topological polar surface area (TPSA) is 85.0 Å². The molecule has 0 saturated carbocycles. The lowest BCUT2D eigenvalue weighted by Gasteiger charge is -2.01. The first-order valence-corrected chi connectivity index (χ1v) is 4.14. The second kappa shape index (κ2) is 5.06. The smallest absolute Gasteiger partial charge is 0.269 e. The summed E-state index contributed by atoms with van der Waals surface area (Å²) in [6.07, 6.45) is 0. The molecule has 0 spiro atoms. The number of non-ortho nitro benzene ring substituents is 1. The number of aliphatic hydroxyl groups is 1. The molecule has 0 heterocycles. The average molecular weight is 210 g/mol. The standard InChI is InChI=1S/C9H10N2O4/c1-15-10-9(6-12)7-2-4-8(5-3-7)11(13)14/h2-5,12H,6H2,1H3/b10-9-. The number of aliphatic hydroxyl groups excluding tert-OH is 1. The highest BCUT2D eigenvalue weighted by molar-refractivity contribution is 6.01. The Hall–Kier alpha value is -1.95. The van der Waals surface area contributed by atoms with Crippen LogP contribution in [0, 0.1) is 10.1 Å². The van der Waals surface area contributed by atoms with E-state index in [0.717, 1.165) is 0 Å². The van der Waals surface area contributed by atoms with Crippen LogP contribution in [0.4, 0.5) is 5.69 Å². The molecule has 0 unspecified atom stereocenters. The van der Waals surface area contributed by atoms with Gasteiger partial charge in [-0.1, -0.05) is 5.16 Å². The van der Waals surface area contributed by atoms with E-state index in [9.17, 15) is 10.1 Å². The zero-order valence-corrected chi connectivity index (χ0v) is 8.08. The maximum atomic E-state index is 10.4. The molecule has 1 N–H and O–H groups in total. The van der Waals surface area contributed by atoms with Gasteiger partial charge in [-0.2, -0.15) is 0 Å². The van der Waals surface area contributed by atoms with E-state index in [1.165, 1.54) is 31.4 Å². The Morgan fingerprint density at radius 1 is 1.53 bits per heavy atom. The molecule has 1 aromatic rings. The van der Waals surface area contributed by atoms with Crippen LogP contribution in [0.5, 0.6) is 0 Å². The maximum Gasteiger partial charge on any atom is 0.269 e. The van der Waals surface area contributed by atoms with Crippen LogP contribution < -0.4 is 0 Å². The highest BCUT2D eigenvalue weighted by atomic mass is 16.6. The molecule has 1 aromatic carbocycles. The van der Waals surface area contributed by atoms with Gasteiger partial charge >= 0.3 is 0 Å². The van der Waals surface area contributed by atoms with E-state index >= 15 is 0 Å². The highest BCUT2D eigenvalue weighted by Gasteiger charge is 2.07. The van der Waals surface area contributed by atoms with Crippen molar-refractivity contribution in [1.82, 2.24) is 0 Å². The van der Waals surface area contributed by atoms with E-state index in [4.69, 9.17) is 5.11 Å². The summed E-state index contributed by atoms with van der Waals surface area (Å²) in [7, 11) is 1.36. The van der Waals surface area contributed by atoms with Crippen molar-refractivity contribution in [2.75, 3.05) is 13.7 Å². The Labute approximate surface area is 85.9 Å². The molecule has 0 saturated heterocycles. The van der Waals surface area contributed by atoms with Crippen molar-refractivity contribution in [1.29, 1.82) is 0 Å². The van der Waals surface area contributed by atoms with Crippen molar-refractivity contribution in [3.05, 3.63) is 39.9 Å². The molecule has 6 heteroatoms. The Bertz CT molecular complexity index is 372. The van der Waals surface area contributed by atoms with E-state index in [0.29, 0.717) is 11.3 Å². The molecular formula is C9H10N2O4. The van der Waals surface area contributed by atoms with Gasteiger partial charge in [-0.15, -0.1) is 0 Å². The number of nitro groups is 1. The second-order valence-electron chi connectivity index (χ2n) is 2.68. The van der Waals surface area contributed by atoms with Gasteiger partial charge in [-0.25, -0.2) is 0 Å². The quantitative estimate of drug-likeness (QED) is 0.455. The van der Waals surface area contributed by atoms with E-state index < -0.39 is 4.92 Å². The highest BCUT2D eigenvalue weighted by Crippen LogP contribution is 2.12. The lowest BCUT2D eigenvalue weighted by Crippen LogP contribution is -2.06. The van der Waals surface area contributed by atoms with Crippen molar-refractivity contribution in [3.63, 3.8) is 0 Å². The number of nitrogens with zero attached hydrogens (tertiary/aromatic N) is 2. The van der Waals surface area contributed by atoms with Gasteiger partial charge in [0.2, 0.25) is 0 Å². The first-order chi connectivity index (χ1) is 7.19. The fraction of sp³-hybridized carbons (Fsp3) is 0.222. The molecule has 15 heavy (non-hydrogen) atoms. The van der Waals surface area contributed by atoms with Gasteiger partial charge < -0.3 is 9.94 Å². The Morgan fingerprint density at radius 2 is 2.13 bits per heavy atom. The summed E-state index contributed by atoms with van der Waals surface area (Å²) in [5.41, 5.74) is 0.908. The molecule has 0 amide bonds. The van der Waals surface area contributed by atoms with E-state index in [-0.39, 0.29) is 12.3 Å². The lowest BCUT2D eigenvalue weighted by molar-refractivity contribution is -0.384. The number of benzene rings is 1. The number of hydrogen-bond donors (Lipinski definition) is 1. The minimum Gasteiger partial charge on any atom is -0.399 e. The summed E-state index contributed by atoms with van der Waals surface area (Å²) < 4.78 is 0. The summed E-state index contributed by atoms with van der Waals surface area (Å²) in [5.74, 6) is 0. The molecule has 0 aliphatic carbocycles. The summed E-state index contributed by atoms with van der Waals surface area (Å²) in [4.78, 5) is 14.4. The third-order valence-electron chi connectivity index (χ3n) is 1.76. The first-order valence-electron chi connectivity index (χ1n) is 4.14. The van der Waals surface area contributed by atoms with Gasteiger partial charge in [0.05, 0.1) is 11.5 Å². The normalized spacial score (nSPS) is 11.2. The van der Waals surface area contributed by atoms with Crippen LogP contribution in [0.25, 0.3) is 0 Å². The molecule has 80 valence electrons. The number of rotatable bonds is 4. The Kier molecular flexibility index (Phi) is 3.75. The number of hydrogen-bond acceptors (Lipinski definition) is 5. The maximum absolute atomic E-state index is 10.4. The van der Waals surface area contributed by atoms with Crippen molar-refractivity contribution in [2.24, 2.45) is 5.16 Å². The van der Waals surface area contributed by atoms with Crippen LogP contribution in [-0.4, -0.2) is 29.5 Å². The average Bonchev–Trinajstić information content (AvgIpc) is 2.26. The zero-order valence-electron chi connectivity index (χ0n) is 8.08. The van der Waals surface area contributed by atoms with E-state index in [1.807, 2.05) is 0 Å². The van der Waals surface area contributed by atoms with Crippen LogP contribution >= 0.6 is 0 Å². The van der Waals surface area contributed by atoms with Gasteiger partial charge in [-0.3, -0.25) is 10.1 Å². The predicted molar refractivity (Wildman–Crippen MR) is 53.7 cm³/mol. The first kappa shape index (κ1) is 11.1. The van der Waals surface area contributed by atoms with Crippen molar-refractivity contribution >= 4 is 11.4 Å². The summed E-state index contributed by atoms with van der Waals surface area (Å²) in [6, 6.07) is 5.70. The molecular weight excluding hydrogens is 200 g/mol. The van der Waals surface area contributed by atoms with Crippen LogP contribution in [0.2, 0.25) is 0 Å². The second-order valence-corrected chi connectivity index (χ2v) is 2.68. The van der Waals surface area contributed by atoms with Gasteiger partial charge in [0, 0.05) is 17.7 Å². The molecule has 6 nitrogen and oxygen atoms in total. The summed E-state index contributed by atoms with van der Waals surface area (Å²) in [6.45, 7) is -0.286. The fourth-order valence-electron chi connectivity index (χ4n) is 1.06. The molecule has 0 radical (unpaired) electrons. The molecule has 0 atom stereocenters. The summed E-state index contributed by atoms with van der Waals surface area (Å²) >= 11 is 0. The Balaban J connectivity index is 2.97. The minimum atomic E-state index is -0.490. The molecule has 1 rings (SSSR count). The molecule has 0 aliphatic rings. The van der Waals surface area contributed by atoms with Crippen molar-refractivity contribution in [3.8, 4) is 0 Å². The van der Waals surface area contributed by atoms with Gasteiger partial charge in [0.1, 0.15) is 12.8 Å². The number of oxime groups is 1. The monoisotopic (exact) mass is 210 g/mol. The van der Waals surface area contributed by atoms with Gasteiger partial charge in [0.15, 0.2) is 0 Å². The Morgan fingerprint density at radius 3 is 2.53 bits per heavy atom. The molecule has 0 aliphatic heterocycles. The van der Waals surface area contributed by atoms with Crippen LogP contribution in [-0.2, 0) is 4.84 Å². The van der Waals surface area contributed by atoms with Gasteiger partial charge in [0.25, 0.3) is 5.69 Å². The lowest BCUT2D eigenvalue weighted by atomic mass is 10.1. The molecule has 0 aromatic heterocycles. The predicted octanol–water partition coefficient (Wildman–Crippen LogP) is 0.938. The van der Waals surface area contributed by atoms with Crippen LogP contribution in [0.15, 0.2) is 29.4 Å². The van der Waals surface area contributed by atoms with Crippen molar-refractivity contribution in [2.45, 2.75) is 0 Å². The van der Waals surface area contributed by atoms with Crippen LogP contribution in [0.1, 0.15) is 5.56 Å². The van der Waals surface area contributed by atoms with E-state index in [2.05, 4.69) is 9.99 Å². The summed E-state index contributed by atoms with van der Waals surface area (Å²) in [5, 5.41) is 22.9. The van der Waals surface area contributed by atoms with Crippen LogP contribution in [0.3, 0.4) is 0 Å². The SMILES string of the molecule is CO/N=C(/CO)c1ccc([N+](=O)[O-])cc1. The largest absolute Gasteiger partial charge is 0.399 e. The zero-order chi connectivity index (χ0) is 11.3. The van der Waals surface area contributed by atoms with E-state index in [1.54, 1.807) is 0 Å². The van der Waals surface area contributed by atoms with Gasteiger partial charge in [-0.05, 0) is 12.1 Å². The molecule has 0 bridgehead atoms. The molecule has 0 fully saturated rings. The third-order valence-corrected chi connectivity index (χ3v) is 1.76. The van der Waals surface area contributed by atoms with Crippen molar-refractivity contribution < 1.29 is 14.9 Å². The number of nitro benzene ring substituents is 1. The minimum absolute atomic E-state index is 0.00606. The third kappa shape index (κ3) is 2.75.